The van der Waals surface area contributed by atoms with Crippen molar-refractivity contribution in [3.63, 3.8) is 0 Å². The van der Waals surface area contributed by atoms with Crippen LogP contribution in [0.4, 0.5) is 4.79 Å². The molecule has 130 valence electrons. The van der Waals surface area contributed by atoms with E-state index in [1.165, 1.54) is 10.5 Å². The molecule has 24 heavy (non-hydrogen) atoms. The molecule has 1 aromatic rings. The zero-order chi connectivity index (χ0) is 16.9. The fourth-order valence-electron chi connectivity index (χ4n) is 3.36. The molecule has 5 nitrogen and oxygen atoms in total. The Morgan fingerprint density at radius 1 is 1.21 bits per heavy atom. The van der Waals surface area contributed by atoms with Crippen molar-refractivity contribution in [1.29, 1.82) is 0 Å². The van der Waals surface area contributed by atoms with E-state index in [2.05, 4.69) is 28.8 Å². The first-order chi connectivity index (χ1) is 11.6. The number of thioether (sulfide) groups is 1. The minimum atomic E-state index is 0.0176. The van der Waals surface area contributed by atoms with Gasteiger partial charge in [-0.3, -0.25) is 4.79 Å². The summed E-state index contributed by atoms with van der Waals surface area (Å²) in [6.07, 6.45) is 2.88. The maximum absolute atomic E-state index is 12.6. The molecule has 2 aliphatic rings. The van der Waals surface area contributed by atoms with Crippen LogP contribution < -0.4 is 10.6 Å². The minimum Gasteiger partial charge on any atom is -0.356 e. The molecule has 1 unspecified atom stereocenters. The zero-order valence-electron chi connectivity index (χ0n) is 14.1. The molecule has 3 amide bonds. The largest absolute Gasteiger partial charge is 0.356 e. The van der Waals surface area contributed by atoms with Gasteiger partial charge in [-0.25, -0.2) is 4.79 Å². The third-order valence-electron chi connectivity index (χ3n) is 4.80. The minimum absolute atomic E-state index is 0.0176. The number of nitrogens with zero attached hydrogens (tertiary/aromatic N) is 1. The van der Waals surface area contributed by atoms with Crippen LogP contribution in [0.3, 0.4) is 0 Å². The lowest BCUT2D eigenvalue weighted by atomic mass is 9.97. The lowest BCUT2D eigenvalue weighted by molar-refractivity contribution is -0.119. The van der Waals surface area contributed by atoms with Crippen LogP contribution in [-0.4, -0.2) is 42.2 Å². The van der Waals surface area contributed by atoms with Gasteiger partial charge in [-0.05, 0) is 36.8 Å². The van der Waals surface area contributed by atoms with E-state index in [0.29, 0.717) is 5.92 Å². The second-order valence-electron chi connectivity index (χ2n) is 6.54. The first kappa shape index (κ1) is 17.1. The van der Waals surface area contributed by atoms with Crippen molar-refractivity contribution in [2.24, 2.45) is 5.92 Å². The Morgan fingerprint density at radius 3 is 2.71 bits per heavy atom. The second-order valence-corrected chi connectivity index (χ2v) is 7.68. The summed E-state index contributed by atoms with van der Waals surface area (Å²) < 4.78 is 0. The van der Waals surface area contributed by atoms with Crippen molar-refractivity contribution >= 4 is 23.7 Å². The highest BCUT2D eigenvalue weighted by Gasteiger charge is 2.27. The molecular formula is C18H25N3O2S. The molecule has 2 aliphatic heterocycles. The van der Waals surface area contributed by atoms with Crippen LogP contribution in [0.2, 0.25) is 0 Å². The molecule has 0 saturated carbocycles. The molecular weight excluding hydrogens is 322 g/mol. The van der Waals surface area contributed by atoms with Gasteiger partial charge in [0.1, 0.15) is 0 Å². The average molecular weight is 347 g/mol. The summed E-state index contributed by atoms with van der Waals surface area (Å²) in [7, 11) is 0. The van der Waals surface area contributed by atoms with E-state index in [1.807, 2.05) is 22.7 Å². The van der Waals surface area contributed by atoms with Gasteiger partial charge in [0.05, 0.1) is 6.04 Å². The van der Waals surface area contributed by atoms with Crippen LogP contribution in [0.5, 0.6) is 0 Å². The summed E-state index contributed by atoms with van der Waals surface area (Å²) >= 11 is 1.86. The number of urea groups is 1. The average Bonchev–Trinajstić information content (AvgIpc) is 2.60. The van der Waals surface area contributed by atoms with E-state index in [-0.39, 0.29) is 18.0 Å². The highest BCUT2D eigenvalue weighted by Crippen LogP contribution is 2.35. The van der Waals surface area contributed by atoms with Crippen LogP contribution in [-0.2, 0) is 4.79 Å². The van der Waals surface area contributed by atoms with Crippen molar-refractivity contribution in [2.75, 3.05) is 25.4 Å². The van der Waals surface area contributed by atoms with E-state index in [1.54, 1.807) is 6.92 Å². The van der Waals surface area contributed by atoms with Gasteiger partial charge in [-0.1, -0.05) is 18.2 Å². The SMILES string of the molecule is CC(=O)NCC1CCN(C(=O)NC2CCSc3ccccc32)CC1. The van der Waals surface area contributed by atoms with Gasteiger partial charge >= 0.3 is 6.03 Å². The van der Waals surface area contributed by atoms with Gasteiger partial charge in [-0.15, -0.1) is 11.8 Å². The van der Waals surface area contributed by atoms with Crippen molar-refractivity contribution in [3.05, 3.63) is 29.8 Å². The molecule has 0 bridgehead atoms. The van der Waals surface area contributed by atoms with Gasteiger partial charge in [0.2, 0.25) is 5.91 Å². The lowest BCUT2D eigenvalue weighted by Crippen LogP contribution is -2.47. The summed E-state index contributed by atoms with van der Waals surface area (Å²) in [5.41, 5.74) is 1.24. The first-order valence-corrected chi connectivity index (χ1v) is 9.63. The predicted molar refractivity (Wildman–Crippen MR) is 96.0 cm³/mol. The van der Waals surface area contributed by atoms with Crippen molar-refractivity contribution in [1.82, 2.24) is 15.5 Å². The van der Waals surface area contributed by atoms with E-state index in [9.17, 15) is 9.59 Å². The number of amides is 3. The van der Waals surface area contributed by atoms with E-state index in [4.69, 9.17) is 0 Å². The number of carbonyl (C=O) groups excluding carboxylic acids is 2. The fraction of sp³-hybridized carbons (Fsp3) is 0.556. The number of hydrogen-bond donors (Lipinski definition) is 2. The summed E-state index contributed by atoms with van der Waals surface area (Å²) in [4.78, 5) is 26.8. The molecule has 0 aliphatic carbocycles. The van der Waals surface area contributed by atoms with Gasteiger partial charge < -0.3 is 15.5 Å². The number of hydrogen-bond acceptors (Lipinski definition) is 3. The number of carbonyl (C=O) groups is 2. The zero-order valence-corrected chi connectivity index (χ0v) is 14.9. The molecule has 1 fully saturated rings. The van der Waals surface area contributed by atoms with E-state index >= 15 is 0 Å². The number of likely N-dealkylation sites (tertiary alicyclic amines) is 1. The smallest absolute Gasteiger partial charge is 0.317 e. The number of rotatable bonds is 3. The summed E-state index contributed by atoms with van der Waals surface area (Å²) in [6, 6.07) is 8.50. The monoisotopic (exact) mass is 347 g/mol. The van der Waals surface area contributed by atoms with Crippen molar-refractivity contribution in [3.8, 4) is 0 Å². The van der Waals surface area contributed by atoms with Gasteiger partial charge in [0, 0.05) is 37.2 Å². The molecule has 1 atom stereocenters. The standard InChI is InChI=1S/C18H25N3O2S/c1-13(22)19-12-14-6-9-21(10-7-14)18(23)20-16-8-11-24-17-5-3-2-4-15(16)17/h2-5,14,16H,6-12H2,1H3,(H,19,22)(H,20,23). The highest BCUT2D eigenvalue weighted by molar-refractivity contribution is 7.99. The number of piperidine rings is 1. The third kappa shape index (κ3) is 4.23. The van der Waals surface area contributed by atoms with Gasteiger partial charge in [0.25, 0.3) is 0 Å². The van der Waals surface area contributed by atoms with E-state index < -0.39 is 0 Å². The maximum Gasteiger partial charge on any atom is 0.317 e. The summed E-state index contributed by atoms with van der Waals surface area (Å²) in [5.74, 6) is 1.54. The first-order valence-electron chi connectivity index (χ1n) is 8.65. The Morgan fingerprint density at radius 2 is 1.96 bits per heavy atom. The number of nitrogens with one attached hydrogen (secondary N) is 2. The van der Waals surface area contributed by atoms with Crippen LogP contribution in [0.25, 0.3) is 0 Å². The number of benzene rings is 1. The Kier molecular flexibility index (Phi) is 5.66. The third-order valence-corrected chi connectivity index (χ3v) is 5.92. The Balaban J connectivity index is 1.51. The number of fused-ring (bicyclic) bond motifs is 1. The molecule has 0 aromatic heterocycles. The summed E-state index contributed by atoms with van der Waals surface area (Å²) in [5, 5.41) is 6.09. The highest BCUT2D eigenvalue weighted by atomic mass is 32.2. The lowest BCUT2D eigenvalue weighted by Gasteiger charge is -2.34. The molecule has 3 rings (SSSR count). The Labute approximate surface area is 147 Å². The van der Waals surface area contributed by atoms with Crippen molar-refractivity contribution in [2.45, 2.75) is 37.1 Å². The Bertz CT molecular complexity index is 600. The van der Waals surface area contributed by atoms with Crippen molar-refractivity contribution < 1.29 is 9.59 Å². The van der Waals surface area contributed by atoms with Crippen LogP contribution in [0.15, 0.2) is 29.2 Å². The molecule has 2 N–H and O–H groups in total. The fourth-order valence-corrected chi connectivity index (χ4v) is 4.49. The molecule has 0 spiro atoms. The molecule has 1 aromatic carbocycles. The normalized spacial score (nSPS) is 21.0. The molecule has 6 heteroatoms. The van der Waals surface area contributed by atoms with Crippen LogP contribution in [0.1, 0.15) is 37.8 Å². The predicted octanol–water partition coefficient (Wildman–Crippen LogP) is 2.78. The summed E-state index contributed by atoms with van der Waals surface area (Å²) in [6.45, 7) is 3.79. The quantitative estimate of drug-likeness (QED) is 0.884. The Hall–Kier alpha value is -1.69. The topological polar surface area (TPSA) is 61.4 Å². The molecule has 1 saturated heterocycles. The second kappa shape index (κ2) is 7.92. The maximum atomic E-state index is 12.6. The van der Waals surface area contributed by atoms with Gasteiger partial charge in [0.15, 0.2) is 0 Å². The molecule has 0 radical (unpaired) electrons. The van der Waals surface area contributed by atoms with Crippen LogP contribution in [0, 0.1) is 5.92 Å². The van der Waals surface area contributed by atoms with Crippen LogP contribution >= 0.6 is 11.8 Å². The van der Waals surface area contributed by atoms with E-state index in [0.717, 1.165) is 44.6 Å². The molecule has 2 heterocycles. The van der Waals surface area contributed by atoms with Gasteiger partial charge in [-0.2, -0.15) is 0 Å².